The van der Waals surface area contributed by atoms with E-state index in [1.54, 1.807) is 19.2 Å². The van der Waals surface area contributed by atoms with Crippen molar-refractivity contribution in [3.63, 3.8) is 0 Å². The third-order valence-corrected chi connectivity index (χ3v) is 9.01. The van der Waals surface area contributed by atoms with Crippen LogP contribution in [0.2, 0.25) is 0 Å². The number of methoxy groups -OCH3 is 1. The largest absolute Gasteiger partial charge is 0.495 e. The molecule has 0 N–H and O–H groups in total. The maximum Gasteiger partial charge on any atom is 0.210 e. The number of benzene rings is 3. The minimum absolute atomic E-state index is 0.257. The Morgan fingerprint density at radius 3 is 1.83 bits per heavy atom. The second kappa shape index (κ2) is 9.91. The van der Waals surface area contributed by atoms with Crippen molar-refractivity contribution in [2.24, 2.45) is 0 Å². The van der Waals surface area contributed by atoms with Crippen LogP contribution in [0.15, 0.2) is 76.5 Å². The molecule has 0 bridgehead atoms. The number of fused-ring (bicyclic) bond motifs is 1. The van der Waals surface area contributed by atoms with Gasteiger partial charge >= 0.3 is 0 Å². The third kappa shape index (κ3) is 4.88. The van der Waals surface area contributed by atoms with Crippen LogP contribution in [0.25, 0.3) is 0 Å². The first kappa shape index (κ1) is 23.7. The first-order valence-corrected chi connectivity index (χ1v) is 13.7. The molecule has 35 heavy (non-hydrogen) atoms. The monoisotopic (exact) mass is 491 g/mol. The van der Waals surface area contributed by atoms with Gasteiger partial charge in [-0.15, -0.1) is 0 Å². The van der Waals surface area contributed by atoms with Gasteiger partial charge in [0.25, 0.3) is 0 Å². The molecule has 0 spiro atoms. The molecule has 6 nitrogen and oxygen atoms in total. The lowest BCUT2D eigenvalue weighted by Gasteiger charge is -2.37. The topological polar surface area (TPSA) is 53.1 Å². The van der Waals surface area contributed by atoms with Gasteiger partial charge in [-0.05, 0) is 79.5 Å². The van der Waals surface area contributed by atoms with E-state index in [1.165, 1.54) is 11.3 Å². The van der Waals surface area contributed by atoms with Crippen molar-refractivity contribution in [3.8, 4) is 5.75 Å². The van der Waals surface area contributed by atoms with Gasteiger partial charge in [0, 0.05) is 50.6 Å². The predicted octanol–water partition coefficient (Wildman–Crippen LogP) is 3.89. The van der Waals surface area contributed by atoms with Crippen molar-refractivity contribution < 1.29 is 13.2 Å². The minimum atomic E-state index is -3.70. The molecular formula is C28H33N3O3S. The first-order valence-electron chi connectivity index (χ1n) is 12.2. The highest BCUT2D eigenvalue weighted by atomic mass is 32.2. The number of hydrogen-bond acceptors (Lipinski definition) is 6. The summed E-state index contributed by atoms with van der Waals surface area (Å²) >= 11 is 0. The number of rotatable bonds is 5. The van der Waals surface area contributed by atoms with Crippen molar-refractivity contribution in [2.45, 2.75) is 22.6 Å². The number of nitrogens with zero attached hydrogens (tertiary/aromatic N) is 3. The molecule has 0 unspecified atom stereocenters. The maximum absolute atomic E-state index is 13.6. The lowest BCUT2D eigenvalue weighted by atomic mass is 10.0. The van der Waals surface area contributed by atoms with E-state index in [9.17, 15) is 8.42 Å². The van der Waals surface area contributed by atoms with Crippen molar-refractivity contribution >= 4 is 21.2 Å². The van der Waals surface area contributed by atoms with Gasteiger partial charge in [-0.2, -0.15) is 0 Å². The van der Waals surface area contributed by atoms with Gasteiger partial charge in [-0.1, -0.05) is 18.2 Å². The van der Waals surface area contributed by atoms with E-state index in [0.717, 1.165) is 63.4 Å². The van der Waals surface area contributed by atoms with Crippen molar-refractivity contribution in [3.05, 3.63) is 77.9 Å². The molecular weight excluding hydrogens is 458 g/mol. The lowest BCUT2D eigenvalue weighted by Crippen LogP contribution is -2.46. The molecule has 0 aromatic heterocycles. The molecule has 184 valence electrons. The highest BCUT2D eigenvalue weighted by Crippen LogP contribution is 2.34. The Hall–Kier alpha value is -3.03. The Kier molecular flexibility index (Phi) is 6.71. The number of hydrogen-bond donors (Lipinski definition) is 0. The smallest absolute Gasteiger partial charge is 0.210 e. The van der Waals surface area contributed by atoms with Gasteiger partial charge in [-0.25, -0.2) is 8.42 Å². The van der Waals surface area contributed by atoms with Crippen LogP contribution in [-0.2, 0) is 22.7 Å². The standard InChI is InChI=1S/C28H33N3O3S/c1-29-14-12-22-20-27(34-2)28(21-23(22)13-15-29)35(32,33)26-10-8-25(9-11-26)31-18-16-30(17-19-31)24-6-4-3-5-7-24/h3-11,20-21H,12-19H2,1-2H3. The Balaban J connectivity index is 1.35. The fourth-order valence-electron chi connectivity index (χ4n) is 5.04. The fourth-order valence-corrected chi connectivity index (χ4v) is 6.49. The first-order chi connectivity index (χ1) is 17.0. The normalized spacial score (nSPS) is 17.1. The van der Waals surface area contributed by atoms with Gasteiger partial charge in [0.1, 0.15) is 10.6 Å². The molecule has 2 aliphatic heterocycles. The summed E-state index contributed by atoms with van der Waals surface area (Å²) in [6, 6.07) is 21.5. The third-order valence-electron chi connectivity index (χ3n) is 7.21. The fraction of sp³-hybridized carbons (Fsp3) is 0.357. The number of likely N-dealkylation sites (N-methyl/N-ethyl adjacent to an activating group) is 1. The van der Waals surface area contributed by atoms with Gasteiger partial charge in [-0.3, -0.25) is 0 Å². The molecule has 0 atom stereocenters. The average Bonchev–Trinajstić information content (AvgIpc) is 3.09. The summed E-state index contributed by atoms with van der Waals surface area (Å²) in [6.45, 7) is 5.55. The van der Waals surface area contributed by atoms with Crippen LogP contribution in [0.4, 0.5) is 11.4 Å². The summed E-state index contributed by atoms with van der Waals surface area (Å²) < 4.78 is 32.8. The van der Waals surface area contributed by atoms with Crippen molar-refractivity contribution in [1.82, 2.24) is 4.90 Å². The Morgan fingerprint density at radius 1 is 0.714 bits per heavy atom. The molecule has 0 aliphatic carbocycles. The summed E-state index contributed by atoms with van der Waals surface area (Å²) in [7, 11) is -0.0538. The van der Waals surface area contributed by atoms with Gasteiger partial charge < -0.3 is 19.4 Å². The number of anilines is 2. The molecule has 1 fully saturated rings. The van der Waals surface area contributed by atoms with Crippen molar-refractivity contribution in [1.29, 1.82) is 0 Å². The predicted molar refractivity (Wildman–Crippen MR) is 141 cm³/mol. The van der Waals surface area contributed by atoms with E-state index in [1.807, 2.05) is 30.3 Å². The van der Waals surface area contributed by atoms with E-state index < -0.39 is 9.84 Å². The number of ether oxygens (including phenoxy) is 1. The lowest BCUT2D eigenvalue weighted by molar-refractivity contribution is 0.352. The maximum atomic E-state index is 13.6. The molecule has 3 aromatic rings. The zero-order valence-electron chi connectivity index (χ0n) is 20.5. The van der Waals surface area contributed by atoms with Crippen LogP contribution in [-0.4, -0.2) is 66.7 Å². The van der Waals surface area contributed by atoms with Crippen LogP contribution in [0.1, 0.15) is 11.1 Å². The molecule has 2 aliphatic rings. The molecule has 0 radical (unpaired) electrons. The van der Waals surface area contributed by atoms with E-state index >= 15 is 0 Å². The zero-order chi connectivity index (χ0) is 24.4. The quantitative estimate of drug-likeness (QED) is 0.540. The second-order valence-electron chi connectivity index (χ2n) is 9.38. The van der Waals surface area contributed by atoms with Crippen LogP contribution in [0.3, 0.4) is 0 Å². The molecule has 0 saturated carbocycles. The van der Waals surface area contributed by atoms with Crippen LogP contribution in [0.5, 0.6) is 5.75 Å². The number of para-hydroxylation sites is 1. The van der Waals surface area contributed by atoms with E-state index in [4.69, 9.17) is 4.74 Å². The zero-order valence-corrected chi connectivity index (χ0v) is 21.3. The SMILES string of the molecule is COc1cc2c(cc1S(=O)(=O)c1ccc(N3CCN(c4ccccc4)CC3)cc1)CCN(C)CC2. The molecule has 0 amide bonds. The average molecular weight is 492 g/mol. The molecule has 1 saturated heterocycles. The van der Waals surface area contributed by atoms with Gasteiger partial charge in [0.05, 0.1) is 12.0 Å². The van der Waals surface area contributed by atoms with Crippen LogP contribution < -0.4 is 14.5 Å². The molecule has 2 heterocycles. The van der Waals surface area contributed by atoms with Crippen LogP contribution >= 0.6 is 0 Å². The molecule has 3 aromatic carbocycles. The van der Waals surface area contributed by atoms with E-state index in [2.05, 4.69) is 46.0 Å². The minimum Gasteiger partial charge on any atom is -0.495 e. The van der Waals surface area contributed by atoms with Gasteiger partial charge in [0.2, 0.25) is 9.84 Å². The molecule has 7 heteroatoms. The number of sulfone groups is 1. The van der Waals surface area contributed by atoms with Gasteiger partial charge in [0.15, 0.2) is 0 Å². The summed E-state index contributed by atoms with van der Waals surface area (Å²) in [5.74, 6) is 0.425. The summed E-state index contributed by atoms with van der Waals surface area (Å²) in [5.41, 5.74) is 4.57. The highest BCUT2D eigenvalue weighted by Gasteiger charge is 2.26. The molecule has 5 rings (SSSR count). The second-order valence-corrected chi connectivity index (χ2v) is 11.3. The highest BCUT2D eigenvalue weighted by molar-refractivity contribution is 7.91. The van der Waals surface area contributed by atoms with E-state index in [-0.39, 0.29) is 4.90 Å². The summed E-state index contributed by atoms with van der Waals surface area (Å²) in [5, 5.41) is 0. The summed E-state index contributed by atoms with van der Waals surface area (Å²) in [6.07, 6.45) is 1.74. The van der Waals surface area contributed by atoms with E-state index in [0.29, 0.717) is 10.6 Å². The Labute approximate surface area is 208 Å². The Bertz CT molecular complexity index is 1270. The number of piperazine rings is 1. The Morgan fingerprint density at radius 2 is 1.26 bits per heavy atom. The van der Waals surface area contributed by atoms with Crippen molar-refractivity contribution in [2.75, 3.05) is 63.2 Å². The van der Waals surface area contributed by atoms with Crippen LogP contribution in [0, 0.1) is 0 Å². The summed E-state index contributed by atoms with van der Waals surface area (Å²) in [4.78, 5) is 7.53.